The molecule has 1 aromatic rings. The molecule has 5 heteroatoms. The van der Waals surface area contributed by atoms with E-state index < -0.39 is 11.8 Å². The molecule has 0 aliphatic carbocycles. The molecule has 0 fully saturated rings. The van der Waals surface area contributed by atoms with E-state index in [1.807, 2.05) is 0 Å². The molecule has 0 unspecified atom stereocenters. The van der Waals surface area contributed by atoms with Gasteiger partial charge >= 0.3 is 5.97 Å². The van der Waals surface area contributed by atoms with Crippen LogP contribution in [0.1, 0.15) is 29.8 Å². The van der Waals surface area contributed by atoms with Gasteiger partial charge in [-0.25, -0.2) is 9.18 Å². The van der Waals surface area contributed by atoms with Gasteiger partial charge in [-0.05, 0) is 23.6 Å². The monoisotopic (exact) mass is 270 g/mol. The normalized spacial score (nSPS) is 10.9. The van der Waals surface area contributed by atoms with Crippen LogP contribution in [0.25, 0.3) is 0 Å². The summed E-state index contributed by atoms with van der Waals surface area (Å²) in [5, 5.41) is 8.95. The highest BCUT2D eigenvalue weighted by Gasteiger charge is 2.11. The molecule has 0 atom stereocenters. The number of halogens is 1. The maximum Gasteiger partial charge on any atom is 0.336 e. The number of carboxylic acids is 1. The molecule has 106 valence electrons. The van der Waals surface area contributed by atoms with Gasteiger partial charge in [-0.15, -0.1) is 0 Å². The van der Waals surface area contributed by atoms with Crippen molar-refractivity contribution < 1.29 is 23.8 Å². The highest BCUT2D eigenvalue weighted by atomic mass is 19.1. The fourth-order valence-electron chi connectivity index (χ4n) is 1.49. The summed E-state index contributed by atoms with van der Waals surface area (Å²) in [6.45, 7) is 5.75. The molecule has 0 aliphatic rings. The minimum Gasteiger partial charge on any atom is -0.478 e. The number of rotatable bonds is 8. The summed E-state index contributed by atoms with van der Waals surface area (Å²) in [5.74, 6) is -1.26. The second kappa shape index (κ2) is 7.86. The molecule has 0 heterocycles. The van der Waals surface area contributed by atoms with E-state index in [0.29, 0.717) is 31.3 Å². The third-order valence-electron chi connectivity index (χ3n) is 2.38. The lowest BCUT2D eigenvalue weighted by atomic mass is 10.1. The summed E-state index contributed by atoms with van der Waals surface area (Å²) in [6.07, 6.45) is 0. The Kier molecular flexibility index (Phi) is 6.45. The van der Waals surface area contributed by atoms with Crippen molar-refractivity contribution in [2.45, 2.75) is 20.5 Å². The van der Waals surface area contributed by atoms with Crippen LogP contribution < -0.4 is 0 Å². The van der Waals surface area contributed by atoms with Crippen LogP contribution in [-0.4, -0.2) is 30.9 Å². The number of aromatic carboxylic acids is 1. The Balaban J connectivity index is 2.39. The quantitative estimate of drug-likeness (QED) is 0.738. The van der Waals surface area contributed by atoms with E-state index in [0.717, 1.165) is 6.07 Å². The first-order chi connectivity index (χ1) is 9.00. The second-order valence-corrected chi connectivity index (χ2v) is 4.63. The Morgan fingerprint density at radius 3 is 2.63 bits per heavy atom. The van der Waals surface area contributed by atoms with Crippen LogP contribution in [0, 0.1) is 11.7 Å². The number of ether oxygens (including phenoxy) is 2. The highest BCUT2D eigenvalue weighted by Crippen LogP contribution is 2.12. The van der Waals surface area contributed by atoms with E-state index in [1.165, 1.54) is 12.1 Å². The molecule has 0 radical (unpaired) electrons. The Morgan fingerprint density at radius 2 is 2.00 bits per heavy atom. The van der Waals surface area contributed by atoms with Gasteiger partial charge in [-0.3, -0.25) is 0 Å². The zero-order chi connectivity index (χ0) is 14.3. The zero-order valence-corrected chi connectivity index (χ0v) is 11.2. The molecule has 0 saturated heterocycles. The minimum absolute atomic E-state index is 0.0666. The fourth-order valence-corrected chi connectivity index (χ4v) is 1.49. The average Bonchev–Trinajstić information content (AvgIpc) is 2.34. The molecular weight excluding hydrogens is 251 g/mol. The molecular formula is C14H19FO4. The number of carboxylic acid groups (broad SMARTS) is 1. The molecule has 1 aromatic carbocycles. The van der Waals surface area contributed by atoms with Gasteiger partial charge in [0, 0.05) is 6.61 Å². The van der Waals surface area contributed by atoms with Crippen molar-refractivity contribution in [3.8, 4) is 0 Å². The van der Waals surface area contributed by atoms with Gasteiger partial charge in [0.25, 0.3) is 0 Å². The Morgan fingerprint density at radius 1 is 1.32 bits per heavy atom. The summed E-state index contributed by atoms with van der Waals surface area (Å²) in [7, 11) is 0. The first kappa shape index (κ1) is 15.6. The van der Waals surface area contributed by atoms with Gasteiger partial charge in [-0.1, -0.05) is 19.9 Å². The third kappa shape index (κ3) is 5.81. The van der Waals surface area contributed by atoms with Crippen LogP contribution in [0.4, 0.5) is 4.39 Å². The number of hydrogen-bond acceptors (Lipinski definition) is 3. The topological polar surface area (TPSA) is 55.8 Å². The predicted molar refractivity (Wildman–Crippen MR) is 68.7 cm³/mol. The third-order valence-corrected chi connectivity index (χ3v) is 2.38. The maximum absolute atomic E-state index is 12.9. The molecule has 0 bridgehead atoms. The zero-order valence-electron chi connectivity index (χ0n) is 11.2. The van der Waals surface area contributed by atoms with Crippen molar-refractivity contribution in [3.63, 3.8) is 0 Å². The number of carbonyl (C=O) groups is 1. The summed E-state index contributed by atoms with van der Waals surface area (Å²) in [5.41, 5.74) is 0.390. The van der Waals surface area contributed by atoms with Crippen molar-refractivity contribution >= 4 is 5.97 Å². The van der Waals surface area contributed by atoms with E-state index in [-0.39, 0.29) is 12.2 Å². The van der Waals surface area contributed by atoms with Crippen molar-refractivity contribution in [1.29, 1.82) is 0 Å². The van der Waals surface area contributed by atoms with Crippen LogP contribution in [0.5, 0.6) is 0 Å². The van der Waals surface area contributed by atoms with Crippen LogP contribution in [0.3, 0.4) is 0 Å². The standard InChI is InChI=1S/C14H19FO4/c1-10(2)8-18-5-6-19-9-11-3-4-12(15)7-13(11)14(16)17/h3-4,7,10H,5-6,8-9H2,1-2H3,(H,16,17). The van der Waals surface area contributed by atoms with Gasteiger partial charge in [0.1, 0.15) is 5.82 Å². The summed E-state index contributed by atoms with van der Waals surface area (Å²) in [4.78, 5) is 10.9. The molecule has 0 aromatic heterocycles. The summed E-state index contributed by atoms with van der Waals surface area (Å²) < 4.78 is 23.6. The molecule has 1 rings (SSSR count). The maximum atomic E-state index is 12.9. The van der Waals surface area contributed by atoms with Crippen LogP contribution in [0.2, 0.25) is 0 Å². The highest BCUT2D eigenvalue weighted by molar-refractivity contribution is 5.89. The largest absolute Gasteiger partial charge is 0.478 e. The fraction of sp³-hybridized carbons (Fsp3) is 0.500. The molecule has 0 amide bonds. The van der Waals surface area contributed by atoms with E-state index in [1.54, 1.807) is 0 Å². The van der Waals surface area contributed by atoms with Gasteiger partial charge in [0.2, 0.25) is 0 Å². The Hall–Kier alpha value is -1.46. The lowest BCUT2D eigenvalue weighted by Crippen LogP contribution is -2.10. The first-order valence-electron chi connectivity index (χ1n) is 6.18. The Labute approximate surface area is 112 Å². The van der Waals surface area contributed by atoms with E-state index >= 15 is 0 Å². The van der Waals surface area contributed by atoms with E-state index in [9.17, 15) is 9.18 Å². The van der Waals surface area contributed by atoms with Crippen molar-refractivity contribution in [2.24, 2.45) is 5.92 Å². The molecule has 0 spiro atoms. The van der Waals surface area contributed by atoms with Gasteiger partial charge in [0.05, 0.1) is 25.4 Å². The van der Waals surface area contributed by atoms with Crippen molar-refractivity contribution in [3.05, 3.63) is 35.1 Å². The molecule has 19 heavy (non-hydrogen) atoms. The molecule has 0 saturated carbocycles. The van der Waals surface area contributed by atoms with Crippen molar-refractivity contribution in [2.75, 3.05) is 19.8 Å². The molecule has 4 nitrogen and oxygen atoms in total. The average molecular weight is 270 g/mol. The first-order valence-corrected chi connectivity index (χ1v) is 6.18. The number of hydrogen-bond donors (Lipinski definition) is 1. The smallest absolute Gasteiger partial charge is 0.336 e. The summed E-state index contributed by atoms with van der Waals surface area (Å²) in [6, 6.07) is 3.64. The van der Waals surface area contributed by atoms with Crippen LogP contribution in [0.15, 0.2) is 18.2 Å². The van der Waals surface area contributed by atoms with Gasteiger partial charge in [-0.2, -0.15) is 0 Å². The summed E-state index contributed by atoms with van der Waals surface area (Å²) >= 11 is 0. The molecule has 1 N–H and O–H groups in total. The lowest BCUT2D eigenvalue weighted by molar-refractivity contribution is 0.0309. The van der Waals surface area contributed by atoms with Crippen molar-refractivity contribution in [1.82, 2.24) is 0 Å². The van der Waals surface area contributed by atoms with Gasteiger partial charge < -0.3 is 14.6 Å². The minimum atomic E-state index is -1.16. The van der Waals surface area contributed by atoms with Crippen LogP contribution in [-0.2, 0) is 16.1 Å². The predicted octanol–water partition coefficient (Wildman–Crippen LogP) is 2.71. The van der Waals surface area contributed by atoms with Crippen LogP contribution >= 0.6 is 0 Å². The molecule has 0 aliphatic heterocycles. The second-order valence-electron chi connectivity index (χ2n) is 4.63. The Bertz CT molecular complexity index is 418. The lowest BCUT2D eigenvalue weighted by Gasteiger charge is -2.09. The number of benzene rings is 1. The van der Waals surface area contributed by atoms with E-state index in [2.05, 4.69) is 13.8 Å². The SMILES string of the molecule is CC(C)COCCOCc1ccc(F)cc1C(=O)O. The van der Waals surface area contributed by atoms with Gasteiger partial charge in [0.15, 0.2) is 0 Å². The van der Waals surface area contributed by atoms with E-state index in [4.69, 9.17) is 14.6 Å².